The van der Waals surface area contributed by atoms with Crippen LogP contribution in [0, 0.1) is 11.7 Å². The smallest absolute Gasteiger partial charge is 0.217 e. The van der Waals surface area contributed by atoms with Gasteiger partial charge >= 0.3 is 0 Å². The van der Waals surface area contributed by atoms with Gasteiger partial charge in [-0.3, -0.25) is 4.79 Å². The Morgan fingerprint density at radius 3 is 3.00 bits per heavy atom. The monoisotopic (exact) mass is 275 g/mol. The molecule has 106 valence electrons. The molecule has 0 aliphatic heterocycles. The van der Waals surface area contributed by atoms with Crippen LogP contribution in [0.3, 0.4) is 0 Å². The highest BCUT2D eigenvalue weighted by Crippen LogP contribution is 2.34. The predicted molar refractivity (Wildman–Crippen MR) is 75.1 cm³/mol. The van der Waals surface area contributed by atoms with Gasteiger partial charge < -0.3 is 10.2 Å². The fourth-order valence-electron chi connectivity index (χ4n) is 3.18. The predicted octanol–water partition coefficient (Wildman–Crippen LogP) is 3.66. The van der Waals surface area contributed by atoms with Crippen molar-refractivity contribution < 1.29 is 13.6 Å². The van der Waals surface area contributed by atoms with E-state index < -0.39 is 11.4 Å². The molecule has 4 heteroatoms. The van der Waals surface area contributed by atoms with Gasteiger partial charge in [-0.1, -0.05) is 31.9 Å². The fraction of sp³-hybridized carbons (Fsp3) is 0.438. The maximum atomic E-state index is 13.6. The SMILES string of the molecule is CC1CCCC(N)(C(=O)c2cc3cccc(F)c3o2)C1. The van der Waals surface area contributed by atoms with Gasteiger partial charge in [0.1, 0.15) is 0 Å². The first-order valence-corrected chi connectivity index (χ1v) is 7.01. The summed E-state index contributed by atoms with van der Waals surface area (Å²) in [6.07, 6.45) is 3.36. The molecule has 1 saturated carbocycles. The normalized spacial score (nSPS) is 26.9. The Balaban J connectivity index is 1.98. The number of furan rings is 1. The molecule has 1 aromatic carbocycles. The summed E-state index contributed by atoms with van der Waals surface area (Å²) >= 11 is 0. The standard InChI is InChI=1S/C16H18FNO2/c1-10-4-3-7-16(18,9-10)15(19)13-8-11-5-2-6-12(17)14(11)20-13/h2,5-6,8,10H,3-4,7,9,18H2,1H3. The Labute approximate surface area is 116 Å². The Kier molecular flexibility index (Phi) is 3.13. The molecular formula is C16H18FNO2. The molecule has 1 heterocycles. The molecule has 2 unspecified atom stereocenters. The van der Waals surface area contributed by atoms with E-state index in [0.29, 0.717) is 24.1 Å². The average molecular weight is 275 g/mol. The lowest BCUT2D eigenvalue weighted by atomic mass is 9.74. The van der Waals surface area contributed by atoms with E-state index in [0.717, 1.165) is 12.8 Å². The first-order valence-electron chi connectivity index (χ1n) is 7.01. The van der Waals surface area contributed by atoms with Crippen LogP contribution in [0.2, 0.25) is 0 Å². The highest BCUT2D eigenvalue weighted by atomic mass is 19.1. The van der Waals surface area contributed by atoms with Crippen LogP contribution in [0.15, 0.2) is 28.7 Å². The number of ketones is 1. The average Bonchev–Trinajstić information content (AvgIpc) is 2.83. The minimum atomic E-state index is -0.873. The van der Waals surface area contributed by atoms with Crippen molar-refractivity contribution >= 4 is 16.8 Å². The molecule has 1 aliphatic carbocycles. The largest absolute Gasteiger partial charge is 0.450 e. The first kappa shape index (κ1) is 13.3. The van der Waals surface area contributed by atoms with Gasteiger partial charge in [0, 0.05) is 5.39 Å². The van der Waals surface area contributed by atoms with E-state index >= 15 is 0 Å². The second-order valence-corrected chi connectivity index (χ2v) is 5.96. The number of carbonyl (C=O) groups is 1. The lowest BCUT2D eigenvalue weighted by Gasteiger charge is -2.34. The number of rotatable bonds is 2. The topological polar surface area (TPSA) is 56.2 Å². The summed E-state index contributed by atoms with van der Waals surface area (Å²) in [5, 5.41) is 0.598. The number of carbonyl (C=O) groups excluding carboxylic acids is 1. The summed E-state index contributed by atoms with van der Waals surface area (Å²) in [6.45, 7) is 2.10. The lowest BCUT2D eigenvalue weighted by molar-refractivity contribution is 0.0792. The van der Waals surface area contributed by atoms with Gasteiger partial charge in [0.25, 0.3) is 0 Å². The molecule has 2 N–H and O–H groups in total. The minimum absolute atomic E-state index is 0.128. The summed E-state index contributed by atoms with van der Waals surface area (Å²) in [7, 11) is 0. The van der Waals surface area contributed by atoms with Gasteiger partial charge in [0.05, 0.1) is 5.54 Å². The summed E-state index contributed by atoms with van der Waals surface area (Å²) < 4.78 is 19.0. The second-order valence-electron chi connectivity index (χ2n) is 5.96. The van der Waals surface area contributed by atoms with E-state index in [9.17, 15) is 9.18 Å². The maximum absolute atomic E-state index is 13.6. The van der Waals surface area contributed by atoms with Crippen molar-refractivity contribution in [1.29, 1.82) is 0 Å². The third-order valence-corrected chi connectivity index (χ3v) is 4.20. The first-order chi connectivity index (χ1) is 9.49. The highest BCUT2D eigenvalue weighted by Gasteiger charge is 2.40. The molecule has 3 rings (SSSR count). The van der Waals surface area contributed by atoms with Crippen LogP contribution in [-0.4, -0.2) is 11.3 Å². The van der Waals surface area contributed by atoms with Crippen molar-refractivity contribution in [3.63, 3.8) is 0 Å². The van der Waals surface area contributed by atoms with Crippen molar-refractivity contribution in [3.05, 3.63) is 35.8 Å². The van der Waals surface area contributed by atoms with E-state index in [1.54, 1.807) is 18.2 Å². The molecular weight excluding hydrogens is 257 g/mol. The van der Waals surface area contributed by atoms with Crippen LogP contribution in [0.25, 0.3) is 11.0 Å². The van der Waals surface area contributed by atoms with Crippen molar-refractivity contribution in [2.75, 3.05) is 0 Å². The number of para-hydroxylation sites is 1. The summed E-state index contributed by atoms with van der Waals surface area (Å²) in [5.74, 6) is -0.0650. The number of halogens is 1. The number of hydrogen-bond acceptors (Lipinski definition) is 3. The minimum Gasteiger partial charge on any atom is -0.450 e. The number of Topliss-reactive ketones (excluding diaryl/α,β-unsaturated/α-hetero) is 1. The summed E-state index contributed by atoms with van der Waals surface area (Å²) in [6, 6.07) is 6.24. The van der Waals surface area contributed by atoms with Gasteiger partial charge in [-0.15, -0.1) is 0 Å². The fourth-order valence-corrected chi connectivity index (χ4v) is 3.18. The highest BCUT2D eigenvalue weighted by molar-refractivity contribution is 6.03. The van der Waals surface area contributed by atoms with E-state index in [1.807, 2.05) is 0 Å². The molecule has 0 bridgehead atoms. The Morgan fingerprint density at radius 2 is 2.30 bits per heavy atom. The van der Waals surface area contributed by atoms with Gasteiger partial charge in [-0.25, -0.2) is 4.39 Å². The van der Waals surface area contributed by atoms with Crippen LogP contribution in [0.4, 0.5) is 4.39 Å². The zero-order valence-electron chi connectivity index (χ0n) is 11.5. The Hall–Kier alpha value is -1.68. The molecule has 0 saturated heterocycles. The molecule has 1 fully saturated rings. The van der Waals surface area contributed by atoms with Crippen molar-refractivity contribution in [2.45, 2.75) is 38.1 Å². The van der Waals surface area contributed by atoms with Crippen molar-refractivity contribution in [3.8, 4) is 0 Å². The molecule has 2 aromatic rings. The van der Waals surface area contributed by atoms with Crippen molar-refractivity contribution in [2.24, 2.45) is 11.7 Å². The second kappa shape index (κ2) is 4.70. The molecule has 20 heavy (non-hydrogen) atoms. The molecule has 0 radical (unpaired) electrons. The summed E-state index contributed by atoms with van der Waals surface area (Å²) in [4.78, 5) is 12.6. The van der Waals surface area contributed by atoms with Crippen LogP contribution < -0.4 is 5.73 Å². The molecule has 3 nitrogen and oxygen atoms in total. The van der Waals surface area contributed by atoms with E-state index in [-0.39, 0.29) is 17.1 Å². The number of benzene rings is 1. The van der Waals surface area contributed by atoms with E-state index in [2.05, 4.69) is 6.92 Å². The van der Waals surface area contributed by atoms with Gasteiger partial charge in [-0.05, 0) is 30.9 Å². The molecule has 0 spiro atoms. The van der Waals surface area contributed by atoms with Crippen molar-refractivity contribution in [1.82, 2.24) is 0 Å². The molecule has 1 aromatic heterocycles. The zero-order valence-corrected chi connectivity index (χ0v) is 11.5. The van der Waals surface area contributed by atoms with Gasteiger partial charge in [-0.2, -0.15) is 0 Å². The quantitative estimate of drug-likeness (QED) is 0.851. The summed E-state index contributed by atoms with van der Waals surface area (Å²) in [5.41, 5.74) is 5.54. The van der Waals surface area contributed by atoms with Gasteiger partial charge in [0.2, 0.25) is 5.78 Å². The molecule has 2 atom stereocenters. The van der Waals surface area contributed by atoms with Gasteiger partial charge in [0.15, 0.2) is 17.2 Å². The van der Waals surface area contributed by atoms with E-state index in [1.165, 1.54) is 6.07 Å². The van der Waals surface area contributed by atoms with Crippen LogP contribution in [0.5, 0.6) is 0 Å². The lowest BCUT2D eigenvalue weighted by Crippen LogP contribution is -2.50. The third kappa shape index (κ3) is 2.14. The zero-order chi connectivity index (χ0) is 14.3. The molecule has 1 aliphatic rings. The van der Waals surface area contributed by atoms with Crippen LogP contribution in [0.1, 0.15) is 43.2 Å². The Morgan fingerprint density at radius 1 is 1.50 bits per heavy atom. The van der Waals surface area contributed by atoms with Crippen LogP contribution >= 0.6 is 0 Å². The Bertz CT molecular complexity index is 664. The molecule has 0 amide bonds. The third-order valence-electron chi connectivity index (χ3n) is 4.20. The number of nitrogens with two attached hydrogens (primary N) is 1. The van der Waals surface area contributed by atoms with Crippen LogP contribution in [-0.2, 0) is 0 Å². The van der Waals surface area contributed by atoms with E-state index in [4.69, 9.17) is 10.2 Å². The number of hydrogen-bond donors (Lipinski definition) is 1. The number of fused-ring (bicyclic) bond motifs is 1. The maximum Gasteiger partial charge on any atom is 0.217 e.